The lowest BCUT2D eigenvalue weighted by molar-refractivity contribution is 0.0903. The van der Waals surface area contributed by atoms with Crippen molar-refractivity contribution in [2.75, 3.05) is 42.9 Å². The first-order valence-electron chi connectivity index (χ1n) is 12.8. The fourth-order valence-corrected chi connectivity index (χ4v) is 5.27. The largest absolute Gasteiger partial charge is 0.366 e. The van der Waals surface area contributed by atoms with Crippen molar-refractivity contribution in [3.63, 3.8) is 0 Å². The Bertz CT molecular complexity index is 951. The Hall–Kier alpha value is -2.38. The van der Waals surface area contributed by atoms with E-state index in [0.29, 0.717) is 17.8 Å². The van der Waals surface area contributed by atoms with Crippen LogP contribution >= 0.6 is 0 Å². The summed E-state index contributed by atoms with van der Waals surface area (Å²) in [6, 6.07) is 10.7. The number of hydrogen-bond donors (Lipinski definition) is 1. The summed E-state index contributed by atoms with van der Waals surface area (Å²) in [5.41, 5.74) is 1.15. The number of pyridine rings is 2. The maximum absolute atomic E-state index is 12.8. The summed E-state index contributed by atoms with van der Waals surface area (Å²) < 4.78 is 0. The highest BCUT2D eigenvalue weighted by molar-refractivity contribution is 6.41. The minimum absolute atomic E-state index is 0.0284. The number of nitrogens with one attached hydrogen (secondary N) is 1. The van der Waals surface area contributed by atoms with Crippen LogP contribution in [0.15, 0.2) is 42.7 Å². The molecule has 0 radical (unpaired) electrons. The van der Waals surface area contributed by atoms with Crippen LogP contribution in [0.4, 0.5) is 11.5 Å². The molecule has 0 aliphatic carbocycles. The molecule has 1 amide bonds. The Kier molecular flexibility index (Phi) is 7.94. The van der Waals surface area contributed by atoms with Crippen LogP contribution in [0.1, 0.15) is 50.0 Å². The van der Waals surface area contributed by atoms with Crippen LogP contribution in [0, 0.1) is 0 Å². The molecule has 2 aromatic heterocycles. The van der Waals surface area contributed by atoms with Crippen LogP contribution in [-0.2, 0) is 0 Å². The van der Waals surface area contributed by atoms with Crippen molar-refractivity contribution in [1.82, 2.24) is 19.8 Å². The molecule has 34 heavy (non-hydrogen) atoms. The van der Waals surface area contributed by atoms with E-state index in [9.17, 15) is 4.79 Å². The molecule has 0 unspecified atom stereocenters. The van der Waals surface area contributed by atoms with Crippen LogP contribution in [-0.4, -0.2) is 91.5 Å². The SMILES string of the molecule is BC1(B)CCN(C2CCN([C@H](C)CC)CC2)CCN1c1cccc(C(=O)Nc2ccncc2)n1. The van der Waals surface area contributed by atoms with Crippen LogP contribution in [0.25, 0.3) is 0 Å². The summed E-state index contributed by atoms with van der Waals surface area (Å²) in [6.45, 7) is 10.1. The van der Waals surface area contributed by atoms with Gasteiger partial charge in [-0.05, 0) is 81.8 Å². The number of piperidine rings is 1. The van der Waals surface area contributed by atoms with E-state index in [2.05, 4.69) is 54.5 Å². The zero-order valence-electron chi connectivity index (χ0n) is 21.2. The molecule has 0 aromatic carbocycles. The average Bonchev–Trinajstić information content (AvgIpc) is 3.02. The van der Waals surface area contributed by atoms with E-state index in [0.717, 1.165) is 37.6 Å². The number of amides is 1. The molecule has 0 bridgehead atoms. The molecular weight excluding hydrogens is 422 g/mol. The van der Waals surface area contributed by atoms with E-state index >= 15 is 0 Å². The maximum atomic E-state index is 12.8. The van der Waals surface area contributed by atoms with E-state index in [1.54, 1.807) is 30.6 Å². The molecule has 0 saturated carbocycles. The van der Waals surface area contributed by atoms with E-state index in [4.69, 9.17) is 4.98 Å². The second-order valence-electron chi connectivity index (χ2n) is 10.3. The first-order chi connectivity index (χ1) is 16.4. The fourth-order valence-electron chi connectivity index (χ4n) is 5.27. The summed E-state index contributed by atoms with van der Waals surface area (Å²) in [4.78, 5) is 29.3. The number of aromatic nitrogens is 2. The molecule has 9 heteroatoms. The highest BCUT2D eigenvalue weighted by Crippen LogP contribution is 2.27. The lowest BCUT2D eigenvalue weighted by Gasteiger charge is -2.40. The maximum Gasteiger partial charge on any atom is 0.274 e. The second-order valence-corrected chi connectivity index (χ2v) is 10.3. The van der Waals surface area contributed by atoms with E-state index < -0.39 is 0 Å². The molecule has 1 N–H and O–H groups in total. The second kappa shape index (κ2) is 10.9. The normalized spacial score (nSPS) is 21.1. The van der Waals surface area contributed by atoms with E-state index in [1.807, 2.05) is 12.1 Å². The van der Waals surface area contributed by atoms with Gasteiger partial charge >= 0.3 is 0 Å². The Labute approximate surface area is 206 Å². The Morgan fingerprint density at radius 1 is 1.12 bits per heavy atom. The van der Waals surface area contributed by atoms with Crippen LogP contribution < -0.4 is 10.2 Å². The number of nitrogens with zero attached hydrogens (tertiary/aromatic N) is 5. The van der Waals surface area contributed by atoms with Crippen LogP contribution in [0.2, 0.25) is 0 Å². The van der Waals surface area contributed by atoms with Gasteiger partial charge in [0.1, 0.15) is 27.2 Å². The van der Waals surface area contributed by atoms with Crippen molar-refractivity contribution in [2.24, 2.45) is 0 Å². The zero-order chi connectivity index (χ0) is 24.1. The fraction of sp³-hybridized carbons (Fsp3) is 0.560. The summed E-state index contributed by atoms with van der Waals surface area (Å²) in [5.74, 6) is 0.677. The third-order valence-electron chi connectivity index (χ3n) is 7.76. The van der Waals surface area contributed by atoms with Gasteiger partial charge in [-0.1, -0.05) is 13.0 Å². The molecule has 2 aromatic rings. The van der Waals surface area contributed by atoms with Gasteiger partial charge in [0.2, 0.25) is 0 Å². The van der Waals surface area contributed by atoms with Crippen molar-refractivity contribution >= 4 is 33.1 Å². The van der Waals surface area contributed by atoms with Crippen LogP contribution in [0.3, 0.4) is 0 Å². The van der Waals surface area contributed by atoms with Crippen molar-refractivity contribution in [3.05, 3.63) is 48.4 Å². The predicted octanol–water partition coefficient (Wildman–Crippen LogP) is 1.42. The van der Waals surface area contributed by atoms with Gasteiger partial charge in [0.15, 0.2) is 0 Å². The molecule has 0 spiro atoms. The first kappa shape index (κ1) is 24.7. The topological polar surface area (TPSA) is 64.6 Å². The van der Waals surface area contributed by atoms with Crippen molar-refractivity contribution < 1.29 is 4.79 Å². The Balaban J connectivity index is 1.42. The standard InChI is InChI=1S/C25H38B2N6O/c1-3-19(2)31-14-9-21(10-15-31)32-16-11-25(26,27)33(18-17-32)23-6-4-5-22(30-23)24(34)29-20-7-12-28-13-8-20/h4-8,12-13,19,21H,3,9-11,14-18,26-27H2,1-2H3,(H,28,29,34)/t19-/m1/s1. The van der Waals surface area contributed by atoms with E-state index in [1.165, 1.54) is 32.4 Å². The van der Waals surface area contributed by atoms with Gasteiger partial charge in [-0.15, -0.1) is 0 Å². The molecule has 4 rings (SSSR count). The number of hydrogen-bond acceptors (Lipinski definition) is 6. The number of anilines is 2. The molecule has 2 aliphatic heterocycles. The number of carbonyl (C=O) groups is 1. The minimum Gasteiger partial charge on any atom is -0.366 e. The summed E-state index contributed by atoms with van der Waals surface area (Å²) in [7, 11) is 4.60. The summed E-state index contributed by atoms with van der Waals surface area (Å²) >= 11 is 0. The van der Waals surface area contributed by atoms with Gasteiger partial charge in [0, 0.05) is 43.3 Å². The van der Waals surface area contributed by atoms with Gasteiger partial charge < -0.3 is 15.1 Å². The minimum atomic E-state index is -0.199. The van der Waals surface area contributed by atoms with Gasteiger partial charge in [-0.2, -0.15) is 0 Å². The van der Waals surface area contributed by atoms with Gasteiger partial charge in [0.25, 0.3) is 5.91 Å². The molecule has 4 heterocycles. The Morgan fingerprint density at radius 2 is 1.85 bits per heavy atom. The number of likely N-dealkylation sites (tertiary alicyclic amines) is 1. The molecule has 2 aliphatic rings. The molecule has 1 atom stereocenters. The van der Waals surface area contributed by atoms with E-state index in [-0.39, 0.29) is 11.2 Å². The highest BCUT2D eigenvalue weighted by atomic mass is 16.1. The third-order valence-corrected chi connectivity index (χ3v) is 7.76. The van der Waals surface area contributed by atoms with Crippen molar-refractivity contribution in [3.8, 4) is 0 Å². The lowest BCUT2D eigenvalue weighted by Crippen LogP contribution is -2.51. The molecule has 180 valence electrons. The van der Waals surface area contributed by atoms with Crippen LogP contribution in [0.5, 0.6) is 0 Å². The lowest BCUT2D eigenvalue weighted by atomic mass is 9.59. The summed E-state index contributed by atoms with van der Waals surface area (Å²) in [5, 5.41) is 2.89. The number of rotatable bonds is 6. The van der Waals surface area contributed by atoms with Crippen molar-refractivity contribution in [1.29, 1.82) is 0 Å². The molecule has 2 saturated heterocycles. The predicted molar refractivity (Wildman–Crippen MR) is 144 cm³/mol. The number of carbonyl (C=O) groups excluding carboxylic acids is 1. The zero-order valence-corrected chi connectivity index (χ0v) is 21.2. The Morgan fingerprint density at radius 3 is 2.56 bits per heavy atom. The van der Waals surface area contributed by atoms with Gasteiger partial charge in [-0.25, -0.2) is 4.98 Å². The van der Waals surface area contributed by atoms with Crippen molar-refractivity contribution in [2.45, 2.75) is 57.0 Å². The molecular formula is C25H38B2N6O. The summed E-state index contributed by atoms with van der Waals surface area (Å²) in [6.07, 6.45) is 8.15. The first-order valence-corrected chi connectivity index (χ1v) is 12.8. The highest BCUT2D eigenvalue weighted by Gasteiger charge is 2.34. The average molecular weight is 460 g/mol. The quantitative estimate of drug-likeness (QED) is 0.659. The van der Waals surface area contributed by atoms with Gasteiger partial charge in [-0.3, -0.25) is 14.7 Å². The smallest absolute Gasteiger partial charge is 0.274 e. The molecule has 2 fully saturated rings. The monoisotopic (exact) mass is 460 g/mol. The third kappa shape index (κ3) is 5.81. The molecule has 7 nitrogen and oxygen atoms in total. The van der Waals surface area contributed by atoms with Gasteiger partial charge in [0.05, 0.1) is 0 Å².